The number of hydrogen-bond acceptors (Lipinski definition) is 2. The van der Waals surface area contributed by atoms with Gasteiger partial charge in [-0.3, -0.25) is 4.79 Å². The molecular formula is C6H7F3NO3. The Morgan fingerprint density at radius 2 is 1.85 bits per heavy atom. The standard InChI is InChI=1S/C6H7F3NO3/c1-3(11)10-4(5(12)13-2)6(7,8)9/h1-2H3,(H,10,11). The number of carbonyl (C=O) groups is 1. The highest BCUT2D eigenvalue weighted by Crippen LogP contribution is 2.25. The summed E-state index contributed by atoms with van der Waals surface area (Å²) in [5.41, 5.74) is -1.72. The lowest BCUT2D eigenvalue weighted by Gasteiger charge is -2.11. The second-order valence-corrected chi connectivity index (χ2v) is 2.05. The zero-order valence-corrected chi connectivity index (χ0v) is 6.86. The van der Waals surface area contributed by atoms with Crippen LogP contribution in [0.25, 0.3) is 0 Å². The highest BCUT2D eigenvalue weighted by Gasteiger charge is 2.39. The number of rotatable bonds is 2. The summed E-state index contributed by atoms with van der Waals surface area (Å²) in [5, 5.41) is 11.8. The smallest absolute Gasteiger partial charge is 0.438 e. The second-order valence-electron chi connectivity index (χ2n) is 2.05. The van der Waals surface area contributed by atoms with Crippen molar-refractivity contribution in [2.45, 2.75) is 13.1 Å². The van der Waals surface area contributed by atoms with Gasteiger partial charge in [0.25, 0.3) is 0 Å². The number of ether oxygens (including phenoxy) is 1. The largest absolute Gasteiger partial charge is 0.464 e. The molecule has 0 aliphatic carbocycles. The number of allylic oxidation sites excluding steroid dienone is 1. The number of hydrogen-bond donors (Lipinski definition) is 1. The van der Waals surface area contributed by atoms with Gasteiger partial charge < -0.3 is 10.1 Å². The van der Waals surface area contributed by atoms with Crippen LogP contribution in [0.2, 0.25) is 0 Å². The van der Waals surface area contributed by atoms with E-state index in [1.165, 1.54) is 5.32 Å². The molecule has 1 radical (unpaired) electrons. The third-order valence-electron chi connectivity index (χ3n) is 0.974. The summed E-state index contributed by atoms with van der Waals surface area (Å²) in [6.07, 6.45) is -4.92. The average Bonchev–Trinajstić information content (AvgIpc) is 1.96. The molecule has 0 rings (SSSR count). The molecule has 13 heavy (non-hydrogen) atoms. The Morgan fingerprint density at radius 1 is 1.38 bits per heavy atom. The molecule has 7 heteroatoms. The summed E-state index contributed by atoms with van der Waals surface area (Å²) < 4.78 is 39.7. The summed E-state index contributed by atoms with van der Waals surface area (Å²) in [7, 11) is 0.788. The van der Waals surface area contributed by atoms with E-state index in [1.807, 2.05) is 0 Å². The van der Waals surface area contributed by atoms with E-state index in [1.54, 1.807) is 0 Å². The van der Waals surface area contributed by atoms with Crippen molar-refractivity contribution in [1.82, 2.24) is 5.32 Å². The molecule has 0 spiro atoms. The Hall–Kier alpha value is -1.40. The molecule has 1 amide bonds. The Morgan fingerprint density at radius 3 is 2.08 bits per heavy atom. The SMILES string of the molecule is COC([O])=C(NC(C)=O)C(F)(F)F. The number of carbonyl (C=O) groups excluding carboxylic acids is 1. The molecular weight excluding hydrogens is 191 g/mol. The molecule has 1 N–H and O–H groups in total. The van der Waals surface area contributed by atoms with Crippen molar-refractivity contribution >= 4 is 5.91 Å². The van der Waals surface area contributed by atoms with Gasteiger partial charge in [-0.15, -0.1) is 0 Å². The molecule has 75 valence electrons. The van der Waals surface area contributed by atoms with Gasteiger partial charge in [-0.25, -0.2) is 5.11 Å². The van der Waals surface area contributed by atoms with Crippen LogP contribution < -0.4 is 5.32 Å². The van der Waals surface area contributed by atoms with Gasteiger partial charge >= 0.3 is 12.1 Å². The van der Waals surface area contributed by atoms with E-state index >= 15 is 0 Å². The molecule has 0 unspecified atom stereocenters. The fraction of sp³-hybridized carbons (Fsp3) is 0.500. The number of methoxy groups -OCH3 is 1. The fourth-order valence-electron chi connectivity index (χ4n) is 0.516. The van der Waals surface area contributed by atoms with Crippen molar-refractivity contribution in [2.75, 3.05) is 7.11 Å². The zero-order chi connectivity index (χ0) is 10.6. The van der Waals surface area contributed by atoms with E-state index < -0.39 is 23.7 Å². The minimum absolute atomic E-state index is 0.788. The van der Waals surface area contributed by atoms with Crippen molar-refractivity contribution in [3.05, 3.63) is 11.6 Å². The second kappa shape index (κ2) is 4.01. The van der Waals surface area contributed by atoms with E-state index in [-0.39, 0.29) is 0 Å². The average molecular weight is 198 g/mol. The van der Waals surface area contributed by atoms with Crippen LogP contribution in [0.15, 0.2) is 11.6 Å². The van der Waals surface area contributed by atoms with E-state index in [9.17, 15) is 23.1 Å². The van der Waals surface area contributed by atoms with E-state index in [0.29, 0.717) is 0 Å². The van der Waals surface area contributed by atoms with Gasteiger partial charge in [-0.1, -0.05) is 0 Å². The van der Waals surface area contributed by atoms with Gasteiger partial charge in [0.2, 0.25) is 11.6 Å². The first kappa shape index (κ1) is 11.6. The van der Waals surface area contributed by atoms with Crippen LogP contribution in [0.3, 0.4) is 0 Å². The summed E-state index contributed by atoms with van der Waals surface area (Å²) in [5.74, 6) is -2.61. The Labute approximate surface area is 72.0 Å². The number of alkyl halides is 3. The summed E-state index contributed by atoms with van der Waals surface area (Å²) >= 11 is 0. The molecule has 0 atom stereocenters. The highest BCUT2D eigenvalue weighted by atomic mass is 19.4. The molecule has 4 nitrogen and oxygen atoms in total. The van der Waals surface area contributed by atoms with Crippen LogP contribution in [0.4, 0.5) is 13.2 Å². The lowest BCUT2D eigenvalue weighted by molar-refractivity contribution is -0.127. The number of amides is 1. The minimum atomic E-state index is -4.92. The molecule has 0 aromatic carbocycles. The molecule has 0 aliphatic heterocycles. The van der Waals surface area contributed by atoms with Gasteiger partial charge in [0, 0.05) is 6.92 Å². The summed E-state index contributed by atoms with van der Waals surface area (Å²) in [4.78, 5) is 10.3. The Balaban J connectivity index is 4.88. The van der Waals surface area contributed by atoms with Gasteiger partial charge in [-0.2, -0.15) is 13.2 Å². The van der Waals surface area contributed by atoms with Crippen LogP contribution in [-0.4, -0.2) is 19.2 Å². The van der Waals surface area contributed by atoms with Crippen LogP contribution in [-0.2, 0) is 14.6 Å². The molecule has 0 bridgehead atoms. The number of halogens is 3. The van der Waals surface area contributed by atoms with Gasteiger partial charge in [0.15, 0.2) is 0 Å². The van der Waals surface area contributed by atoms with Crippen molar-refractivity contribution in [2.24, 2.45) is 0 Å². The monoisotopic (exact) mass is 198 g/mol. The van der Waals surface area contributed by atoms with E-state index in [4.69, 9.17) is 0 Å². The maximum atomic E-state index is 12.0. The Kier molecular flexibility index (Phi) is 3.58. The fourth-order valence-corrected chi connectivity index (χ4v) is 0.516. The van der Waals surface area contributed by atoms with Crippen molar-refractivity contribution < 1.29 is 27.8 Å². The lowest BCUT2D eigenvalue weighted by Crippen LogP contribution is -2.31. The van der Waals surface area contributed by atoms with Gasteiger partial charge in [0.1, 0.15) is 0 Å². The number of nitrogens with one attached hydrogen (secondary N) is 1. The third-order valence-corrected chi connectivity index (χ3v) is 0.974. The van der Waals surface area contributed by atoms with E-state index in [0.717, 1.165) is 14.0 Å². The maximum absolute atomic E-state index is 12.0. The minimum Gasteiger partial charge on any atom is -0.464 e. The highest BCUT2D eigenvalue weighted by molar-refractivity contribution is 5.75. The maximum Gasteiger partial charge on any atom is 0.438 e. The molecule has 0 heterocycles. The van der Waals surface area contributed by atoms with Crippen LogP contribution in [0, 0.1) is 0 Å². The van der Waals surface area contributed by atoms with Crippen molar-refractivity contribution in [1.29, 1.82) is 0 Å². The third kappa shape index (κ3) is 3.68. The van der Waals surface area contributed by atoms with E-state index in [2.05, 4.69) is 4.74 Å². The van der Waals surface area contributed by atoms with Crippen LogP contribution >= 0.6 is 0 Å². The topological polar surface area (TPSA) is 58.2 Å². The molecule has 0 aromatic rings. The Bertz CT molecular complexity index is 234. The predicted octanol–water partition coefficient (Wildman–Crippen LogP) is 0.931. The first-order chi connectivity index (χ1) is 5.79. The first-order valence-electron chi connectivity index (χ1n) is 3.09. The molecule has 0 saturated carbocycles. The lowest BCUT2D eigenvalue weighted by atomic mass is 10.4. The quantitative estimate of drug-likeness (QED) is 0.671. The van der Waals surface area contributed by atoms with Crippen LogP contribution in [0.5, 0.6) is 0 Å². The van der Waals surface area contributed by atoms with Crippen LogP contribution in [0.1, 0.15) is 6.92 Å². The van der Waals surface area contributed by atoms with Gasteiger partial charge in [-0.05, 0) is 0 Å². The van der Waals surface area contributed by atoms with Crippen molar-refractivity contribution in [3.63, 3.8) is 0 Å². The molecule has 0 fully saturated rings. The van der Waals surface area contributed by atoms with Gasteiger partial charge in [0.05, 0.1) is 7.11 Å². The summed E-state index contributed by atoms with van der Waals surface area (Å²) in [6, 6.07) is 0. The van der Waals surface area contributed by atoms with Crippen molar-refractivity contribution in [3.8, 4) is 0 Å². The predicted molar refractivity (Wildman–Crippen MR) is 34.6 cm³/mol. The molecule has 0 aliphatic rings. The normalized spacial score (nSPS) is 13.3. The molecule has 0 saturated heterocycles. The first-order valence-corrected chi connectivity index (χ1v) is 3.09. The zero-order valence-electron chi connectivity index (χ0n) is 6.86. The summed E-state index contributed by atoms with van der Waals surface area (Å²) in [6.45, 7) is 0.856. The molecule has 0 aromatic heterocycles.